The van der Waals surface area contributed by atoms with E-state index in [-0.39, 0.29) is 17.2 Å². The van der Waals surface area contributed by atoms with Crippen molar-refractivity contribution in [1.29, 1.82) is 0 Å². The first kappa shape index (κ1) is 19.6. The fraction of sp³-hybridized carbons (Fsp3) is 0.167. The summed E-state index contributed by atoms with van der Waals surface area (Å²) in [5.74, 6) is -0.610. The number of ether oxygens (including phenoxy) is 2. The molecule has 0 bridgehead atoms. The minimum atomic E-state index is -0.514. The van der Waals surface area contributed by atoms with Gasteiger partial charge in [0.05, 0.1) is 16.3 Å². The monoisotopic (exact) mass is 371 g/mol. The maximum atomic E-state index is 11.2. The zero-order chi connectivity index (χ0) is 20.0. The third-order valence-electron chi connectivity index (χ3n) is 3.25. The Morgan fingerprint density at radius 3 is 1.93 bits per heavy atom. The van der Waals surface area contributed by atoms with Gasteiger partial charge in [-0.2, -0.15) is 5.10 Å². The van der Waals surface area contributed by atoms with Gasteiger partial charge in [-0.15, -0.1) is 0 Å². The molecule has 2 aromatic carbocycles. The second kappa shape index (κ2) is 8.56. The van der Waals surface area contributed by atoms with Crippen LogP contribution in [0.5, 0.6) is 11.5 Å². The lowest BCUT2D eigenvalue weighted by molar-refractivity contribution is -0.384. The standard InChI is InChI=1S/C18H17N3O6/c1-11(19-20-15-4-6-16(7-5-15)21(24)25)14-8-17(26-12(2)22)10-18(9-14)27-13(3)23/h4-10,20H,1-3H3/b19-11-. The highest BCUT2D eigenvalue weighted by atomic mass is 16.6. The van der Waals surface area contributed by atoms with Gasteiger partial charge in [0.2, 0.25) is 0 Å². The minimum Gasteiger partial charge on any atom is -0.427 e. The second-order valence-corrected chi connectivity index (χ2v) is 5.49. The summed E-state index contributed by atoms with van der Waals surface area (Å²) >= 11 is 0. The van der Waals surface area contributed by atoms with E-state index in [4.69, 9.17) is 9.47 Å². The average molecular weight is 371 g/mol. The molecule has 0 radical (unpaired) electrons. The maximum Gasteiger partial charge on any atom is 0.308 e. The van der Waals surface area contributed by atoms with Crippen molar-refractivity contribution in [3.8, 4) is 11.5 Å². The van der Waals surface area contributed by atoms with Gasteiger partial charge < -0.3 is 9.47 Å². The van der Waals surface area contributed by atoms with Gasteiger partial charge in [-0.1, -0.05) is 0 Å². The molecule has 9 heteroatoms. The molecule has 2 aromatic rings. The van der Waals surface area contributed by atoms with Crippen molar-refractivity contribution in [2.24, 2.45) is 5.10 Å². The first-order valence-electron chi connectivity index (χ1n) is 7.81. The normalized spacial score (nSPS) is 10.9. The van der Waals surface area contributed by atoms with Crippen molar-refractivity contribution < 1.29 is 24.0 Å². The van der Waals surface area contributed by atoms with Crippen LogP contribution in [-0.2, 0) is 9.59 Å². The van der Waals surface area contributed by atoms with Gasteiger partial charge in [0, 0.05) is 37.6 Å². The molecule has 0 amide bonds. The zero-order valence-corrected chi connectivity index (χ0v) is 14.9. The summed E-state index contributed by atoms with van der Waals surface area (Å²) < 4.78 is 10.1. The number of benzene rings is 2. The summed E-state index contributed by atoms with van der Waals surface area (Å²) in [5, 5.41) is 14.9. The van der Waals surface area contributed by atoms with Crippen LogP contribution >= 0.6 is 0 Å². The highest BCUT2D eigenvalue weighted by molar-refractivity contribution is 6.00. The molecule has 140 valence electrons. The van der Waals surface area contributed by atoms with Crippen LogP contribution in [0.15, 0.2) is 47.6 Å². The van der Waals surface area contributed by atoms with E-state index in [0.717, 1.165) is 0 Å². The molecule has 0 aliphatic rings. The molecule has 0 aromatic heterocycles. The van der Waals surface area contributed by atoms with Crippen molar-refractivity contribution in [3.05, 3.63) is 58.1 Å². The lowest BCUT2D eigenvalue weighted by atomic mass is 10.1. The van der Waals surface area contributed by atoms with E-state index in [1.54, 1.807) is 19.1 Å². The molecule has 0 saturated heterocycles. The molecular formula is C18H17N3O6. The number of nitro groups is 1. The van der Waals surface area contributed by atoms with Crippen molar-refractivity contribution in [2.45, 2.75) is 20.8 Å². The molecule has 27 heavy (non-hydrogen) atoms. The van der Waals surface area contributed by atoms with E-state index < -0.39 is 16.9 Å². The lowest BCUT2D eigenvalue weighted by Crippen LogP contribution is -2.07. The van der Waals surface area contributed by atoms with E-state index in [1.807, 2.05) is 0 Å². The van der Waals surface area contributed by atoms with E-state index >= 15 is 0 Å². The third kappa shape index (κ3) is 5.92. The largest absolute Gasteiger partial charge is 0.427 e. The van der Waals surface area contributed by atoms with Crippen LogP contribution in [0.3, 0.4) is 0 Å². The summed E-state index contributed by atoms with van der Waals surface area (Å²) in [6.45, 7) is 4.22. The number of esters is 2. The summed E-state index contributed by atoms with van der Waals surface area (Å²) in [6.07, 6.45) is 0. The van der Waals surface area contributed by atoms with E-state index in [1.165, 1.54) is 44.2 Å². The number of nitro benzene ring substituents is 1. The minimum absolute atomic E-state index is 0.0265. The summed E-state index contributed by atoms with van der Waals surface area (Å²) in [5.41, 5.74) is 4.37. The Hall–Kier alpha value is -3.75. The molecule has 0 aliphatic heterocycles. The summed E-state index contributed by atoms with van der Waals surface area (Å²) in [7, 11) is 0. The predicted octanol–water partition coefficient (Wildman–Crippen LogP) is 3.28. The fourth-order valence-corrected chi connectivity index (χ4v) is 2.10. The molecular weight excluding hydrogens is 354 g/mol. The Labute approximate surface area is 154 Å². The molecule has 0 spiro atoms. The van der Waals surface area contributed by atoms with Crippen LogP contribution in [0.1, 0.15) is 26.3 Å². The average Bonchev–Trinajstić information content (AvgIpc) is 2.58. The van der Waals surface area contributed by atoms with Gasteiger partial charge in [0.1, 0.15) is 11.5 Å². The van der Waals surface area contributed by atoms with Gasteiger partial charge in [-0.3, -0.25) is 25.1 Å². The molecule has 0 saturated carbocycles. The molecule has 1 N–H and O–H groups in total. The van der Waals surface area contributed by atoms with Crippen LogP contribution in [0.2, 0.25) is 0 Å². The quantitative estimate of drug-likeness (QED) is 0.272. The third-order valence-corrected chi connectivity index (χ3v) is 3.25. The molecule has 0 aliphatic carbocycles. The van der Waals surface area contributed by atoms with Crippen LogP contribution in [0, 0.1) is 10.1 Å². The van der Waals surface area contributed by atoms with Crippen LogP contribution < -0.4 is 14.9 Å². The Morgan fingerprint density at radius 1 is 0.963 bits per heavy atom. The number of non-ortho nitro benzene ring substituents is 1. The molecule has 0 atom stereocenters. The number of nitrogens with zero attached hydrogens (tertiary/aromatic N) is 2. The predicted molar refractivity (Wildman–Crippen MR) is 98.0 cm³/mol. The number of nitrogens with one attached hydrogen (secondary N) is 1. The second-order valence-electron chi connectivity index (χ2n) is 5.49. The van der Waals surface area contributed by atoms with Crippen LogP contribution in [0.25, 0.3) is 0 Å². The smallest absolute Gasteiger partial charge is 0.308 e. The number of hydrogen-bond donors (Lipinski definition) is 1. The zero-order valence-electron chi connectivity index (χ0n) is 14.9. The summed E-state index contributed by atoms with van der Waals surface area (Å²) in [6, 6.07) is 10.3. The lowest BCUT2D eigenvalue weighted by Gasteiger charge is -2.09. The van der Waals surface area contributed by atoms with Gasteiger partial charge in [0.15, 0.2) is 0 Å². The molecule has 0 unspecified atom stereocenters. The highest BCUT2D eigenvalue weighted by Crippen LogP contribution is 2.24. The number of carbonyl (C=O) groups excluding carboxylic acids is 2. The highest BCUT2D eigenvalue weighted by Gasteiger charge is 2.09. The number of carbonyl (C=O) groups is 2. The number of hydrogen-bond acceptors (Lipinski definition) is 8. The Kier molecular flexibility index (Phi) is 6.21. The van der Waals surface area contributed by atoms with Crippen molar-refractivity contribution >= 4 is 29.0 Å². The van der Waals surface area contributed by atoms with Gasteiger partial charge >= 0.3 is 11.9 Å². The van der Waals surface area contributed by atoms with Gasteiger partial charge in [-0.25, -0.2) is 0 Å². The Bertz CT molecular complexity index is 872. The molecule has 0 heterocycles. The van der Waals surface area contributed by atoms with E-state index in [0.29, 0.717) is 17.0 Å². The number of rotatable bonds is 6. The number of hydrazone groups is 1. The van der Waals surface area contributed by atoms with Gasteiger partial charge in [-0.05, 0) is 31.2 Å². The summed E-state index contributed by atoms with van der Waals surface area (Å²) in [4.78, 5) is 32.6. The Morgan fingerprint density at radius 2 is 1.48 bits per heavy atom. The molecule has 0 fully saturated rings. The number of anilines is 1. The van der Waals surface area contributed by atoms with Crippen molar-refractivity contribution in [1.82, 2.24) is 0 Å². The molecule has 2 rings (SSSR count). The first-order chi connectivity index (χ1) is 12.7. The Balaban J connectivity index is 2.25. The SMILES string of the molecule is CC(=O)Oc1cc(OC(C)=O)cc(/C(C)=N\Nc2ccc([N+](=O)[O-])cc2)c1. The molecule has 9 nitrogen and oxygen atoms in total. The van der Waals surface area contributed by atoms with Crippen molar-refractivity contribution in [2.75, 3.05) is 5.43 Å². The maximum absolute atomic E-state index is 11.2. The first-order valence-corrected chi connectivity index (χ1v) is 7.81. The van der Waals surface area contributed by atoms with Crippen LogP contribution in [0.4, 0.5) is 11.4 Å². The van der Waals surface area contributed by atoms with Gasteiger partial charge in [0.25, 0.3) is 5.69 Å². The fourth-order valence-electron chi connectivity index (χ4n) is 2.10. The van der Waals surface area contributed by atoms with E-state index in [9.17, 15) is 19.7 Å². The van der Waals surface area contributed by atoms with Crippen LogP contribution in [-0.4, -0.2) is 22.6 Å². The van der Waals surface area contributed by atoms with E-state index in [2.05, 4.69) is 10.5 Å². The van der Waals surface area contributed by atoms with Crippen molar-refractivity contribution in [3.63, 3.8) is 0 Å². The topological polar surface area (TPSA) is 120 Å².